The minimum absolute atomic E-state index is 0.154. The van der Waals surface area contributed by atoms with Crippen molar-refractivity contribution in [3.63, 3.8) is 0 Å². The van der Waals surface area contributed by atoms with Crippen LogP contribution in [0.25, 0.3) is 0 Å². The van der Waals surface area contributed by atoms with E-state index in [2.05, 4.69) is 0 Å². The predicted octanol–water partition coefficient (Wildman–Crippen LogP) is 4.23. The van der Waals surface area contributed by atoms with Crippen molar-refractivity contribution < 1.29 is 28.7 Å². The number of ether oxygens (including phenoxy) is 2. The number of carbonyl (C=O) groups excluding carboxylic acids is 4. The maximum absolute atomic E-state index is 12.2. The van der Waals surface area contributed by atoms with Crippen LogP contribution in [0.4, 0.5) is 0 Å². The van der Waals surface area contributed by atoms with Crippen LogP contribution in [-0.2, 0) is 9.47 Å². The fourth-order valence-corrected chi connectivity index (χ4v) is 3.90. The first kappa shape index (κ1) is 21.4. The van der Waals surface area contributed by atoms with Crippen molar-refractivity contribution in [2.75, 3.05) is 13.7 Å². The van der Waals surface area contributed by atoms with Crippen molar-refractivity contribution in [2.24, 2.45) is 5.92 Å². The summed E-state index contributed by atoms with van der Waals surface area (Å²) in [5, 5.41) is 0. The second-order valence-corrected chi connectivity index (χ2v) is 7.51. The predicted molar refractivity (Wildman–Crippen MR) is 110 cm³/mol. The lowest BCUT2D eigenvalue weighted by atomic mass is 9.77. The molecule has 0 aliphatic heterocycles. The number of hydrogen-bond acceptors (Lipinski definition) is 6. The summed E-state index contributed by atoms with van der Waals surface area (Å²) in [6, 6.07) is 11.4. The van der Waals surface area contributed by atoms with Crippen LogP contribution in [0.1, 0.15) is 78.6 Å². The van der Waals surface area contributed by atoms with Crippen molar-refractivity contribution in [1.82, 2.24) is 0 Å². The Morgan fingerprint density at radius 1 is 0.900 bits per heavy atom. The summed E-state index contributed by atoms with van der Waals surface area (Å²) < 4.78 is 10.3. The first-order chi connectivity index (χ1) is 14.5. The first-order valence-corrected chi connectivity index (χ1v) is 9.95. The number of aldehydes is 2. The van der Waals surface area contributed by atoms with Gasteiger partial charge in [0.25, 0.3) is 0 Å². The lowest BCUT2D eigenvalue weighted by Gasteiger charge is -2.29. The van der Waals surface area contributed by atoms with Crippen LogP contribution in [-0.4, -0.2) is 38.2 Å². The van der Waals surface area contributed by atoms with Crippen LogP contribution in [0.15, 0.2) is 42.5 Å². The molecule has 0 radical (unpaired) electrons. The van der Waals surface area contributed by atoms with Gasteiger partial charge in [-0.3, -0.25) is 9.59 Å². The second kappa shape index (κ2) is 9.96. The summed E-state index contributed by atoms with van der Waals surface area (Å²) in [5.74, 6) is -0.405. The van der Waals surface area contributed by atoms with Gasteiger partial charge in [-0.25, -0.2) is 9.59 Å². The Bertz CT molecular complexity index is 923. The van der Waals surface area contributed by atoms with Crippen LogP contribution < -0.4 is 0 Å². The molecule has 1 aliphatic carbocycles. The lowest BCUT2D eigenvalue weighted by Crippen LogP contribution is -2.21. The van der Waals surface area contributed by atoms with E-state index < -0.39 is 11.9 Å². The monoisotopic (exact) mass is 408 g/mol. The number of hydrogen-bond donors (Lipinski definition) is 0. The molecule has 0 amide bonds. The summed E-state index contributed by atoms with van der Waals surface area (Å²) in [6.45, 7) is 0.333. The molecule has 2 aromatic carbocycles. The molecule has 30 heavy (non-hydrogen) atoms. The first-order valence-electron chi connectivity index (χ1n) is 9.95. The van der Waals surface area contributed by atoms with Gasteiger partial charge in [0.1, 0.15) is 12.6 Å². The summed E-state index contributed by atoms with van der Waals surface area (Å²) in [6.07, 6.45) is 4.88. The van der Waals surface area contributed by atoms with Crippen molar-refractivity contribution in [1.29, 1.82) is 0 Å². The molecular weight excluding hydrogens is 384 g/mol. The topological polar surface area (TPSA) is 86.7 Å². The van der Waals surface area contributed by atoms with Gasteiger partial charge < -0.3 is 9.47 Å². The zero-order valence-corrected chi connectivity index (χ0v) is 16.8. The maximum Gasteiger partial charge on any atom is 0.338 e. The van der Waals surface area contributed by atoms with Crippen LogP contribution >= 0.6 is 0 Å². The quantitative estimate of drug-likeness (QED) is 0.503. The molecule has 6 nitrogen and oxygen atoms in total. The average Bonchev–Trinajstić information content (AvgIpc) is 2.82. The number of methoxy groups -OCH3 is 1. The minimum Gasteiger partial charge on any atom is -0.465 e. The Kier molecular flexibility index (Phi) is 7.12. The summed E-state index contributed by atoms with van der Waals surface area (Å²) in [5.41, 5.74) is 2.81. The van der Waals surface area contributed by atoms with Gasteiger partial charge in [0, 0.05) is 11.1 Å². The maximum atomic E-state index is 12.2. The van der Waals surface area contributed by atoms with E-state index in [0.717, 1.165) is 43.8 Å². The van der Waals surface area contributed by atoms with Crippen molar-refractivity contribution in [2.45, 2.75) is 31.6 Å². The van der Waals surface area contributed by atoms with Gasteiger partial charge in [0.05, 0.1) is 24.8 Å². The Balaban J connectivity index is 1.58. The van der Waals surface area contributed by atoms with Gasteiger partial charge in [0.2, 0.25) is 0 Å². The molecule has 0 bridgehead atoms. The zero-order valence-electron chi connectivity index (χ0n) is 16.8. The molecule has 1 saturated carbocycles. The number of benzene rings is 2. The molecule has 6 heteroatoms. The van der Waals surface area contributed by atoms with E-state index >= 15 is 0 Å². The second-order valence-electron chi connectivity index (χ2n) is 7.51. The smallest absolute Gasteiger partial charge is 0.338 e. The fraction of sp³-hybridized carbons (Fsp3) is 0.333. The molecule has 0 aromatic heterocycles. The molecule has 0 unspecified atom stereocenters. The Hall–Kier alpha value is -3.28. The summed E-state index contributed by atoms with van der Waals surface area (Å²) in [7, 11) is 1.34. The molecule has 0 spiro atoms. The summed E-state index contributed by atoms with van der Waals surface area (Å²) >= 11 is 0. The SMILES string of the molecule is COC(=O)c1ccc(C=O)cc1C1CCC(COC(=O)c2ccc(C=O)cc2)CC1. The van der Waals surface area contributed by atoms with E-state index in [0.29, 0.717) is 28.9 Å². The van der Waals surface area contributed by atoms with E-state index in [1.165, 1.54) is 7.11 Å². The molecule has 0 saturated heterocycles. The number of esters is 2. The third-order valence-corrected chi connectivity index (χ3v) is 5.64. The Morgan fingerprint density at radius 2 is 1.53 bits per heavy atom. The Labute approximate surface area is 175 Å². The van der Waals surface area contributed by atoms with Crippen molar-refractivity contribution in [3.05, 3.63) is 70.3 Å². The molecule has 1 aliphatic rings. The highest BCUT2D eigenvalue weighted by molar-refractivity contribution is 5.92. The highest BCUT2D eigenvalue weighted by Gasteiger charge is 2.27. The molecule has 0 heterocycles. The molecule has 0 atom stereocenters. The largest absolute Gasteiger partial charge is 0.465 e. The van der Waals surface area contributed by atoms with Gasteiger partial charge in [-0.05, 0) is 67.3 Å². The van der Waals surface area contributed by atoms with Gasteiger partial charge >= 0.3 is 11.9 Å². The van der Waals surface area contributed by atoms with E-state index in [4.69, 9.17) is 9.47 Å². The van der Waals surface area contributed by atoms with Crippen LogP contribution in [0.5, 0.6) is 0 Å². The van der Waals surface area contributed by atoms with E-state index in [1.54, 1.807) is 42.5 Å². The third-order valence-electron chi connectivity index (χ3n) is 5.64. The molecule has 3 rings (SSSR count). The Morgan fingerprint density at radius 3 is 2.13 bits per heavy atom. The van der Waals surface area contributed by atoms with Gasteiger partial charge in [-0.2, -0.15) is 0 Å². The van der Waals surface area contributed by atoms with E-state index in [1.807, 2.05) is 0 Å². The highest BCUT2D eigenvalue weighted by Crippen LogP contribution is 2.38. The van der Waals surface area contributed by atoms with E-state index in [-0.39, 0.29) is 11.8 Å². The third kappa shape index (κ3) is 5.00. The molecule has 2 aromatic rings. The van der Waals surface area contributed by atoms with Crippen molar-refractivity contribution in [3.8, 4) is 0 Å². The lowest BCUT2D eigenvalue weighted by molar-refractivity contribution is 0.0403. The number of carbonyl (C=O) groups is 4. The summed E-state index contributed by atoms with van der Waals surface area (Å²) in [4.78, 5) is 46.2. The highest BCUT2D eigenvalue weighted by atomic mass is 16.5. The van der Waals surface area contributed by atoms with Crippen LogP contribution in [0.2, 0.25) is 0 Å². The van der Waals surface area contributed by atoms with Crippen molar-refractivity contribution >= 4 is 24.5 Å². The zero-order chi connectivity index (χ0) is 21.5. The normalized spacial score (nSPS) is 18.3. The van der Waals surface area contributed by atoms with Gasteiger partial charge in [-0.1, -0.05) is 18.2 Å². The van der Waals surface area contributed by atoms with Gasteiger partial charge in [-0.15, -0.1) is 0 Å². The molecule has 1 fully saturated rings. The van der Waals surface area contributed by atoms with E-state index in [9.17, 15) is 19.2 Å². The van der Waals surface area contributed by atoms with Gasteiger partial charge in [0.15, 0.2) is 0 Å². The average molecular weight is 408 g/mol. The standard InChI is InChI=1S/C24H24O6/c1-29-24(28)21-11-6-18(14-26)12-22(21)19-7-4-17(5-8-19)15-30-23(27)20-9-2-16(13-25)3-10-20/h2-3,6,9-14,17,19H,4-5,7-8,15H2,1H3. The minimum atomic E-state index is -0.404. The molecule has 156 valence electrons. The molecule has 0 N–H and O–H groups in total. The fourth-order valence-electron chi connectivity index (χ4n) is 3.90. The van der Waals surface area contributed by atoms with Crippen LogP contribution in [0, 0.1) is 5.92 Å². The number of rotatable bonds is 7. The molecular formula is C24H24O6. The van der Waals surface area contributed by atoms with Crippen LogP contribution in [0.3, 0.4) is 0 Å².